The van der Waals surface area contributed by atoms with Gasteiger partial charge in [-0.05, 0) is 42.0 Å². The maximum absolute atomic E-state index is 12.5. The van der Waals surface area contributed by atoms with Crippen LogP contribution in [0.2, 0.25) is 5.02 Å². The molecule has 5 nitrogen and oxygen atoms in total. The van der Waals surface area contributed by atoms with E-state index >= 15 is 0 Å². The molecule has 3 rings (SSSR count). The molecule has 1 heterocycles. The fourth-order valence-corrected chi connectivity index (χ4v) is 3.12. The zero-order valence-corrected chi connectivity index (χ0v) is 15.8. The molecule has 0 aliphatic rings. The summed E-state index contributed by atoms with van der Waals surface area (Å²) in [6.07, 6.45) is 0. The number of primary amides is 1. The molecule has 3 N–H and O–H groups in total. The molecule has 0 bridgehead atoms. The summed E-state index contributed by atoms with van der Waals surface area (Å²) in [6, 6.07) is 16.3. The Morgan fingerprint density at radius 1 is 1.08 bits per heavy atom. The highest BCUT2D eigenvalue weighted by atomic mass is 79.9. The van der Waals surface area contributed by atoms with E-state index in [1.54, 1.807) is 42.5 Å². The molecule has 0 radical (unpaired) electrons. The van der Waals surface area contributed by atoms with Crippen LogP contribution in [0.4, 0.5) is 0 Å². The molecule has 2 aromatic carbocycles. The van der Waals surface area contributed by atoms with Crippen molar-refractivity contribution >= 4 is 39.3 Å². The minimum absolute atomic E-state index is 0.0566. The third-order valence-corrected chi connectivity index (χ3v) is 4.53. The minimum Gasteiger partial charge on any atom is -0.451 e. The molecule has 0 spiro atoms. The number of halogens is 2. The van der Waals surface area contributed by atoms with E-state index in [1.807, 2.05) is 12.1 Å². The molecule has 132 valence electrons. The highest BCUT2D eigenvalue weighted by Gasteiger charge is 2.23. The van der Waals surface area contributed by atoms with E-state index in [4.69, 9.17) is 21.8 Å². The van der Waals surface area contributed by atoms with E-state index < -0.39 is 17.9 Å². The van der Waals surface area contributed by atoms with Crippen LogP contribution in [0.25, 0.3) is 11.3 Å². The summed E-state index contributed by atoms with van der Waals surface area (Å²) in [5.41, 5.74) is 6.68. The van der Waals surface area contributed by atoms with Crippen LogP contribution in [-0.4, -0.2) is 11.8 Å². The summed E-state index contributed by atoms with van der Waals surface area (Å²) >= 11 is 9.47. The van der Waals surface area contributed by atoms with Gasteiger partial charge in [0.1, 0.15) is 11.8 Å². The van der Waals surface area contributed by atoms with Crippen molar-refractivity contribution in [1.82, 2.24) is 5.32 Å². The number of hydrogen-bond acceptors (Lipinski definition) is 3. The van der Waals surface area contributed by atoms with E-state index in [-0.39, 0.29) is 5.76 Å². The molecule has 1 aromatic heterocycles. The normalized spacial score (nSPS) is 11.8. The van der Waals surface area contributed by atoms with Crippen LogP contribution < -0.4 is 11.1 Å². The number of furan rings is 1. The Kier molecular flexibility index (Phi) is 5.44. The Hall–Kier alpha value is -2.57. The van der Waals surface area contributed by atoms with Gasteiger partial charge in [0.25, 0.3) is 5.91 Å². The maximum atomic E-state index is 12.5. The Morgan fingerprint density at radius 3 is 2.54 bits per heavy atom. The van der Waals surface area contributed by atoms with Gasteiger partial charge in [-0.25, -0.2) is 0 Å². The van der Waals surface area contributed by atoms with Crippen molar-refractivity contribution in [2.45, 2.75) is 6.04 Å². The topological polar surface area (TPSA) is 85.3 Å². The van der Waals surface area contributed by atoms with Gasteiger partial charge < -0.3 is 15.5 Å². The van der Waals surface area contributed by atoms with Crippen LogP contribution in [0.3, 0.4) is 0 Å². The quantitative estimate of drug-likeness (QED) is 0.628. The van der Waals surface area contributed by atoms with Crippen LogP contribution in [-0.2, 0) is 4.79 Å². The average molecular weight is 434 g/mol. The molecule has 0 aliphatic carbocycles. The number of rotatable bonds is 5. The lowest BCUT2D eigenvalue weighted by Gasteiger charge is -2.15. The van der Waals surface area contributed by atoms with Gasteiger partial charge in [-0.1, -0.05) is 51.8 Å². The van der Waals surface area contributed by atoms with Crippen molar-refractivity contribution < 1.29 is 14.0 Å². The Morgan fingerprint density at radius 2 is 1.85 bits per heavy atom. The van der Waals surface area contributed by atoms with Crippen molar-refractivity contribution in [3.63, 3.8) is 0 Å². The number of carbonyl (C=O) groups excluding carboxylic acids is 2. The molecule has 0 fully saturated rings. The standard InChI is InChI=1S/C19H14BrClN2O3/c20-12-5-3-4-11(10-12)17(18(22)24)23-19(25)16-9-8-15(26-16)13-6-1-2-7-14(13)21/h1-10,17H,(H2,22,24)(H,23,25). The Labute approximate surface area is 163 Å². The van der Waals surface area contributed by atoms with Crippen molar-refractivity contribution in [3.8, 4) is 11.3 Å². The zero-order valence-electron chi connectivity index (χ0n) is 13.4. The number of benzene rings is 2. The molecule has 0 saturated heterocycles. The molecular weight excluding hydrogens is 420 g/mol. The Balaban J connectivity index is 1.83. The lowest BCUT2D eigenvalue weighted by atomic mass is 10.1. The van der Waals surface area contributed by atoms with Gasteiger partial charge in [0.2, 0.25) is 5.91 Å². The molecule has 1 atom stereocenters. The van der Waals surface area contributed by atoms with E-state index in [0.29, 0.717) is 21.9 Å². The van der Waals surface area contributed by atoms with E-state index in [2.05, 4.69) is 21.2 Å². The third kappa shape index (κ3) is 3.98. The van der Waals surface area contributed by atoms with Gasteiger partial charge in [-0.2, -0.15) is 0 Å². The summed E-state index contributed by atoms with van der Waals surface area (Å²) in [6.45, 7) is 0. The fraction of sp³-hybridized carbons (Fsp3) is 0.0526. The highest BCUT2D eigenvalue weighted by Crippen LogP contribution is 2.29. The largest absolute Gasteiger partial charge is 0.451 e. The maximum Gasteiger partial charge on any atom is 0.287 e. The van der Waals surface area contributed by atoms with Gasteiger partial charge >= 0.3 is 0 Å². The number of hydrogen-bond donors (Lipinski definition) is 2. The minimum atomic E-state index is -0.978. The van der Waals surface area contributed by atoms with E-state index in [9.17, 15) is 9.59 Å². The smallest absolute Gasteiger partial charge is 0.287 e. The second kappa shape index (κ2) is 7.76. The van der Waals surface area contributed by atoms with E-state index in [1.165, 1.54) is 6.07 Å². The summed E-state index contributed by atoms with van der Waals surface area (Å²) < 4.78 is 6.37. The highest BCUT2D eigenvalue weighted by molar-refractivity contribution is 9.10. The summed E-state index contributed by atoms with van der Waals surface area (Å²) in [5, 5.41) is 3.11. The SMILES string of the molecule is NC(=O)C(NC(=O)c1ccc(-c2ccccc2Cl)o1)c1cccc(Br)c1. The first-order chi connectivity index (χ1) is 12.5. The first-order valence-corrected chi connectivity index (χ1v) is 8.83. The van der Waals surface area contributed by atoms with Crippen molar-refractivity contribution in [2.24, 2.45) is 5.73 Å². The number of nitrogens with two attached hydrogens (primary N) is 1. The zero-order chi connectivity index (χ0) is 18.7. The van der Waals surface area contributed by atoms with Crippen molar-refractivity contribution in [1.29, 1.82) is 0 Å². The van der Waals surface area contributed by atoms with Gasteiger partial charge in [0, 0.05) is 10.0 Å². The second-order valence-corrected chi connectivity index (χ2v) is 6.83. The first kappa shape index (κ1) is 18.2. The van der Waals surface area contributed by atoms with Crippen LogP contribution in [0.1, 0.15) is 22.2 Å². The van der Waals surface area contributed by atoms with E-state index in [0.717, 1.165) is 4.47 Å². The van der Waals surface area contributed by atoms with Crippen LogP contribution >= 0.6 is 27.5 Å². The molecule has 0 aliphatic heterocycles. The number of nitrogens with one attached hydrogen (secondary N) is 1. The van der Waals surface area contributed by atoms with Crippen LogP contribution in [0.15, 0.2) is 69.6 Å². The summed E-state index contributed by atoms with van der Waals surface area (Å²) in [4.78, 5) is 24.3. The monoisotopic (exact) mass is 432 g/mol. The van der Waals surface area contributed by atoms with Crippen molar-refractivity contribution in [2.75, 3.05) is 0 Å². The lowest BCUT2D eigenvalue weighted by molar-refractivity contribution is -0.120. The second-order valence-electron chi connectivity index (χ2n) is 5.51. The number of amides is 2. The Bertz CT molecular complexity index is 971. The van der Waals surface area contributed by atoms with Crippen LogP contribution in [0.5, 0.6) is 0 Å². The molecule has 7 heteroatoms. The molecular formula is C19H14BrClN2O3. The van der Waals surface area contributed by atoms with Gasteiger partial charge in [-0.15, -0.1) is 0 Å². The average Bonchev–Trinajstić information content (AvgIpc) is 3.09. The molecule has 0 saturated carbocycles. The molecule has 2 amide bonds. The number of carbonyl (C=O) groups is 2. The van der Waals surface area contributed by atoms with Gasteiger partial charge in [0.05, 0.1) is 5.02 Å². The van der Waals surface area contributed by atoms with Gasteiger partial charge in [0.15, 0.2) is 5.76 Å². The molecule has 26 heavy (non-hydrogen) atoms. The fourth-order valence-electron chi connectivity index (χ4n) is 2.47. The summed E-state index contributed by atoms with van der Waals surface area (Å²) in [5.74, 6) is -0.707. The lowest BCUT2D eigenvalue weighted by Crippen LogP contribution is -2.37. The van der Waals surface area contributed by atoms with Crippen molar-refractivity contribution in [3.05, 3.63) is 81.5 Å². The molecule has 1 unspecified atom stereocenters. The molecule has 3 aromatic rings. The third-order valence-electron chi connectivity index (χ3n) is 3.71. The summed E-state index contributed by atoms with van der Waals surface area (Å²) in [7, 11) is 0. The predicted molar refractivity (Wildman–Crippen MR) is 103 cm³/mol. The van der Waals surface area contributed by atoms with Gasteiger partial charge in [-0.3, -0.25) is 9.59 Å². The van der Waals surface area contributed by atoms with Crippen LogP contribution in [0, 0.1) is 0 Å². The predicted octanol–water partition coefficient (Wildman–Crippen LogP) is 4.32. The first-order valence-electron chi connectivity index (χ1n) is 7.66.